The molecule has 65 heavy (non-hydrogen) atoms. The number of nitrogens with zero attached hydrogens (tertiary/aromatic N) is 2. The van der Waals surface area contributed by atoms with E-state index in [1.807, 2.05) is 0 Å². The summed E-state index contributed by atoms with van der Waals surface area (Å²) in [6, 6.07) is 78.5. The van der Waals surface area contributed by atoms with Crippen molar-refractivity contribution in [2.75, 3.05) is 9.80 Å². The first-order chi connectivity index (χ1) is 32.3. The van der Waals surface area contributed by atoms with E-state index in [0.717, 1.165) is 102 Å². The number of hydrogen-bond acceptors (Lipinski definition) is 4. The lowest BCUT2D eigenvalue weighted by Gasteiger charge is -2.36. The molecule has 2 aliphatic rings. The predicted octanol–water partition coefficient (Wildman–Crippen LogP) is 16.6. The second kappa shape index (κ2) is 14.9. The van der Waals surface area contributed by atoms with Crippen molar-refractivity contribution in [3.05, 3.63) is 258 Å². The van der Waals surface area contributed by atoms with Crippen LogP contribution in [-0.4, -0.2) is 0 Å². The van der Waals surface area contributed by atoms with Crippen molar-refractivity contribution in [3.63, 3.8) is 0 Å². The summed E-state index contributed by atoms with van der Waals surface area (Å²) >= 11 is 0. The lowest BCUT2D eigenvalue weighted by Crippen LogP contribution is -2.29. The first-order valence-electron chi connectivity index (χ1n) is 22.5. The Kier molecular flexibility index (Phi) is 8.53. The van der Waals surface area contributed by atoms with E-state index in [4.69, 9.17) is 8.83 Å². The smallest absolute Gasteiger partial charge is 0.159 e. The zero-order chi connectivity index (χ0) is 42.9. The molecule has 0 atom stereocenters. The van der Waals surface area contributed by atoms with E-state index in [1.54, 1.807) is 0 Å². The summed E-state index contributed by atoms with van der Waals surface area (Å²) in [4.78, 5) is 4.78. The van der Waals surface area contributed by atoms with Crippen LogP contribution in [0.1, 0.15) is 40.0 Å². The molecule has 2 heterocycles. The van der Waals surface area contributed by atoms with Crippen molar-refractivity contribution in [1.29, 1.82) is 0 Å². The molecule has 4 nitrogen and oxygen atoms in total. The maximum Gasteiger partial charge on any atom is 0.159 e. The number of para-hydroxylation sites is 5. The Morgan fingerprint density at radius 2 is 0.877 bits per heavy atom. The van der Waals surface area contributed by atoms with Gasteiger partial charge >= 0.3 is 0 Å². The van der Waals surface area contributed by atoms with Gasteiger partial charge in [0, 0.05) is 50.2 Å². The molecule has 0 unspecified atom stereocenters. The molecule has 0 spiro atoms. The van der Waals surface area contributed by atoms with Crippen LogP contribution in [0.4, 0.5) is 34.1 Å². The van der Waals surface area contributed by atoms with Gasteiger partial charge < -0.3 is 18.6 Å². The highest BCUT2D eigenvalue weighted by atomic mass is 16.3. The van der Waals surface area contributed by atoms with Crippen molar-refractivity contribution in [1.82, 2.24) is 0 Å². The molecule has 0 saturated heterocycles. The fourth-order valence-electron chi connectivity index (χ4n) is 10.9. The highest BCUT2D eigenvalue weighted by Gasteiger charge is 2.50. The number of hydrogen-bond donors (Lipinski definition) is 0. The molecular weight excluding hydrogens is 793 g/mol. The van der Waals surface area contributed by atoms with Gasteiger partial charge in [0.25, 0.3) is 0 Å². The van der Waals surface area contributed by atoms with Gasteiger partial charge in [0.05, 0.1) is 22.2 Å². The number of anilines is 6. The zero-order valence-corrected chi connectivity index (χ0v) is 35.6. The molecule has 2 aromatic heterocycles. The molecule has 11 aromatic rings. The molecule has 0 radical (unpaired) electrons. The van der Waals surface area contributed by atoms with Crippen molar-refractivity contribution >= 4 is 73.1 Å². The number of rotatable bonds is 8. The third kappa shape index (κ3) is 5.57. The van der Waals surface area contributed by atoms with Gasteiger partial charge in [0.1, 0.15) is 16.9 Å². The lowest BCUT2D eigenvalue weighted by atomic mass is 9.67. The number of fused-ring (bicyclic) bond motifs is 11. The lowest BCUT2D eigenvalue weighted by molar-refractivity contribution is 0.595. The fraction of sp³-hybridized carbons (Fsp3) is 0.0492. The van der Waals surface area contributed by atoms with E-state index in [9.17, 15) is 0 Å². The Hall–Kier alpha value is -8.34. The molecule has 13 rings (SSSR count). The molecule has 0 aliphatic heterocycles. The van der Waals surface area contributed by atoms with Gasteiger partial charge in [-0.2, -0.15) is 0 Å². The third-order valence-corrected chi connectivity index (χ3v) is 13.5. The van der Waals surface area contributed by atoms with Gasteiger partial charge in [-0.1, -0.05) is 158 Å². The molecular formula is C61H42N2O2. The summed E-state index contributed by atoms with van der Waals surface area (Å²) in [6.45, 7) is 0. The van der Waals surface area contributed by atoms with E-state index < -0.39 is 5.41 Å². The van der Waals surface area contributed by atoms with Crippen LogP contribution in [0.2, 0.25) is 0 Å². The van der Waals surface area contributed by atoms with Gasteiger partial charge in [-0.05, 0) is 108 Å². The SMILES string of the molecule is C1=Cc2oc3c(N(c4ccccc4)c4ccccc4)cc4c(c3c2CC1)-c1c(cc(N(c2ccccc2)c2ccccc2)c2c1oc1ccccc12)C4(c1ccccc1)c1ccccc1. The molecule has 2 aliphatic carbocycles. The van der Waals surface area contributed by atoms with Crippen LogP contribution >= 0.6 is 0 Å². The van der Waals surface area contributed by atoms with Crippen molar-refractivity contribution in [3.8, 4) is 11.1 Å². The monoisotopic (exact) mass is 834 g/mol. The Morgan fingerprint density at radius 1 is 0.415 bits per heavy atom. The standard InChI is InChI=1S/C61H42N2O2/c1-7-23-41(24-8-1)61(42-25-9-2-10-26-42)49-40-52(63(45-31-15-5-16-32-45)46-33-17-6-18-34-46)59-56(48-36-20-22-38-54(48)64-59)57(49)58-50(61)39-51(55-47-35-19-21-37-53(47)65-60(55)58)62(43-27-11-3-12-28-43)44-29-13-4-14-30-44/h1-19,21-35,37-40H,20,36H2. The number of furan rings is 2. The van der Waals surface area contributed by atoms with Gasteiger partial charge in [0.2, 0.25) is 0 Å². The Balaban J connectivity index is 1.27. The largest absolute Gasteiger partial charge is 0.455 e. The molecule has 9 aromatic carbocycles. The summed E-state index contributed by atoms with van der Waals surface area (Å²) in [5.74, 6) is 0.914. The maximum atomic E-state index is 7.38. The second-order valence-electron chi connectivity index (χ2n) is 17.0. The molecule has 0 N–H and O–H groups in total. The van der Waals surface area contributed by atoms with Crippen LogP contribution in [0.3, 0.4) is 0 Å². The van der Waals surface area contributed by atoms with Crippen LogP contribution < -0.4 is 9.80 Å². The van der Waals surface area contributed by atoms with Crippen molar-refractivity contribution in [2.45, 2.75) is 18.3 Å². The minimum atomic E-state index is -0.801. The summed E-state index contributed by atoms with van der Waals surface area (Å²) in [6.07, 6.45) is 6.22. The average molecular weight is 835 g/mol. The highest BCUT2D eigenvalue weighted by molar-refractivity contribution is 6.23. The van der Waals surface area contributed by atoms with Gasteiger partial charge in [0.15, 0.2) is 5.58 Å². The molecule has 308 valence electrons. The van der Waals surface area contributed by atoms with Gasteiger partial charge in [-0.3, -0.25) is 0 Å². The van der Waals surface area contributed by atoms with Crippen LogP contribution in [0.5, 0.6) is 0 Å². The van der Waals surface area contributed by atoms with Crippen LogP contribution in [0, 0.1) is 0 Å². The zero-order valence-electron chi connectivity index (χ0n) is 35.6. The Morgan fingerprint density at radius 3 is 1.43 bits per heavy atom. The van der Waals surface area contributed by atoms with E-state index >= 15 is 0 Å². The predicted molar refractivity (Wildman–Crippen MR) is 268 cm³/mol. The number of allylic oxidation sites excluding steroid dienone is 1. The van der Waals surface area contributed by atoms with Crippen LogP contribution in [0.25, 0.3) is 50.1 Å². The Labute approximate surface area is 377 Å². The first-order valence-corrected chi connectivity index (χ1v) is 22.5. The minimum absolute atomic E-state index is 0.801. The molecule has 0 amide bonds. The topological polar surface area (TPSA) is 32.8 Å². The van der Waals surface area contributed by atoms with Gasteiger partial charge in [-0.15, -0.1) is 0 Å². The third-order valence-electron chi connectivity index (χ3n) is 13.5. The fourth-order valence-corrected chi connectivity index (χ4v) is 10.9. The highest BCUT2D eigenvalue weighted by Crippen LogP contribution is 2.64. The van der Waals surface area contributed by atoms with Gasteiger partial charge in [-0.25, -0.2) is 0 Å². The maximum absolute atomic E-state index is 7.38. The number of benzene rings is 9. The molecule has 0 bridgehead atoms. The summed E-state index contributed by atoms with van der Waals surface area (Å²) in [5, 5.41) is 3.28. The van der Waals surface area contributed by atoms with Crippen LogP contribution in [-0.2, 0) is 11.8 Å². The molecule has 0 fully saturated rings. The van der Waals surface area contributed by atoms with Crippen molar-refractivity contribution in [2.24, 2.45) is 0 Å². The summed E-state index contributed by atoms with van der Waals surface area (Å²) in [7, 11) is 0. The first kappa shape index (κ1) is 37.2. The molecule has 4 heteroatoms. The Bertz CT molecular complexity index is 3460. The van der Waals surface area contributed by atoms with E-state index in [0.29, 0.717) is 0 Å². The number of aryl methyl sites for hydroxylation is 1. The second-order valence-corrected chi connectivity index (χ2v) is 17.0. The minimum Gasteiger partial charge on any atom is -0.455 e. The summed E-state index contributed by atoms with van der Waals surface area (Å²) < 4.78 is 14.6. The van der Waals surface area contributed by atoms with E-state index in [1.165, 1.54) is 22.3 Å². The van der Waals surface area contributed by atoms with Crippen LogP contribution in [0.15, 0.2) is 233 Å². The van der Waals surface area contributed by atoms with Crippen molar-refractivity contribution < 1.29 is 8.83 Å². The molecule has 0 saturated carbocycles. The van der Waals surface area contributed by atoms with E-state index in [-0.39, 0.29) is 0 Å². The summed E-state index contributed by atoms with van der Waals surface area (Å²) in [5.41, 5.74) is 16.2. The normalized spacial score (nSPS) is 13.5. The van der Waals surface area contributed by atoms with E-state index in [2.05, 4.69) is 240 Å². The average Bonchev–Trinajstić information content (AvgIpc) is 4.05. The quantitative estimate of drug-likeness (QED) is 0.153.